The number of hydrogen-bond donors (Lipinski definition) is 1. The summed E-state index contributed by atoms with van der Waals surface area (Å²) in [6.45, 7) is 9.46. The summed E-state index contributed by atoms with van der Waals surface area (Å²) >= 11 is 0. The van der Waals surface area contributed by atoms with Crippen LogP contribution in [0.2, 0.25) is 0 Å². The maximum atomic E-state index is 4.25. The lowest BCUT2D eigenvalue weighted by Crippen LogP contribution is -2.21. The Kier molecular flexibility index (Phi) is 4.33. The van der Waals surface area contributed by atoms with Crippen molar-refractivity contribution in [3.05, 3.63) is 53.3 Å². The summed E-state index contributed by atoms with van der Waals surface area (Å²) < 4.78 is 0. The van der Waals surface area contributed by atoms with E-state index in [9.17, 15) is 0 Å². The molecule has 0 aliphatic rings. The molecule has 0 saturated heterocycles. The molecule has 0 bridgehead atoms. The first kappa shape index (κ1) is 13.8. The smallest absolute Gasteiger partial charge is 0.0378 e. The Balaban J connectivity index is 2.24. The maximum absolute atomic E-state index is 4.25. The van der Waals surface area contributed by atoms with Crippen molar-refractivity contribution in [2.45, 2.75) is 40.3 Å². The van der Waals surface area contributed by atoms with Crippen molar-refractivity contribution >= 4 is 0 Å². The number of rotatable bonds is 4. The minimum absolute atomic E-state index is 0.517. The molecule has 19 heavy (non-hydrogen) atoms. The average Bonchev–Trinajstić information content (AvgIpc) is 2.36. The van der Waals surface area contributed by atoms with Gasteiger partial charge in [-0.05, 0) is 48.2 Å². The molecule has 1 aromatic carbocycles. The molecular formula is C17H22N2. The number of hydrogen-bond acceptors (Lipinski definition) is 2. The molecule has 0 radical (unpaired) electrons. The second-order valence-corrected chi connectivity index (χ2v) is 5.37. The standard InChI is InChI=1S/C17H22N2/c1-12(2)19-11-15-5-6-17(13(3)9-15)16-7-8-18-14(4)10-16/h5-10,12,19H,11H2,1-4H3. The average molecular weight is 254 g/mol. The maximum Gasteiger partial charge on any atom is 0.0378 e. The van der Waals surface area contributed by atoms with Crippen LogP contribution in [0.15, 0.2) is 36.5 Å². The Morgan fingerprint density at radius 1 is 1.11 bits per heavy atom. The molecule has 0 amide bonds. The van der Waals surface area contributed by atoms with E-state index in [-0.39, 0.29) is 0 Å². The highest BCUT2D eigenvalue weighted by Gasteiger charge is 2.04. The summed E-state index contributed by atoms with van der Waals surface area (Å²) in [7, 11) is 0. The van der Waals surface area contributed by atoms with Crippen molar-refractivity contribution in [1.29, 1.82) is 0 Å². The molecule has 0 aliphatic heterocycles. The molecular weight excluding hydrogens is 232 g/mol. The lowest BCUT2D eigenvalue weighted by atomic mass is 9.98. The van der Waals surface area contributed by atoms with E-state index in [0.29, 0.717) is 6.04 Å². The minimum Gasteiger partial charge on any atom is -0.310 e. The Bertz CT molecular complexity index is 559. The number of nitrogens with zero attached hydrogens (tertiary/aromatic N) is 1. The zero-order valence-electron chi connectivity index (χ0n) is 12.2. The Labute approximate surface area is 115 Å². The van der Waals surface area contributed by atoms with Crippen LogP contribution in [0.3, 0.4) is 0 Å². The van der Waals surface area contributed by atoms with Gasteiger partial charge in [0, 0.05) is 24.5 Å². The quantitative estimate of drug-likeness (QED) is 0.896. The van der Waals surface area contributed by atoms with Crippen LogP contribution < -0.4 is 5.32 Å². The summed E-state index contributed by atoms with van der Waals surface area (Å²) in [5.41, 5.74) is 6.24. The van der Waals surface area contributed by atoms with Gasteiger partial charge in [-0.3, -0.25) is 4.98 Å². The Hall–Kier alpha value is -1.67. The van der Waals surface area contributed by atoms with E-state index in [1.165, 1.54) is 22.3 Å². The van der Waals surface area contributed by atoms with Gasteiger partial charge < -0.3 is 5.32 Å². The fourth-order valence-electron chi connectivity index (χ4n) is 2.19. The molecule has 0 unspecified atom stereocenters. The third-order valence-corrected chi connectivity index (χ3v) is 3.21. The first-order valence-electron chi connectivity index (χ1n) is 6.82. The highest BCUT2D eigenvalue weighted by Crippen LogP contribution is 2.24. The van der Waals surface area contributed by atoms with Crippen LogP contribution in [0, 0.1) is 13.8 Å². The van der Waals surface area contributed by atoms with E-state index in [2.05, 4.69) is 61.4 Å². The minimum atomic E-state index is 0.517. The van der Waals surface area contributed by atoms with Crippen LogP contribution in [0.5, 0.6) is 0 Å². The molecule has 2 rings (SSSR count). The van der Waals surface area contributed by atoms with Gasteiger partial charge in [0.25, 0.3) is 0 Å². The molecule has 0 atom stereocenters. The highest BCUT2D eigenvalue weighted by atomic mass is 14.9. The zero-order valence-corrected chi connectivity index (χ0v) is 12.2. The number of nitrogens with one attached hydrogen (secondary N) is 1. The van der Waals surface area contributed by atoms with Gasteiger partial charge in [0.05, 0.1) is 0 Å². The molecule has 0 spiro atoms. The fourth-order valence-corrected chi connectivity index (χ4v) is 2.19. The van der Waals surface area contributed by atoms with Crippen LogP contribution in [0.4, 0.5) is 0 Å². The van der Waals surface area contributed by atoms with Gasteiger partial charge in [0.2, 0.25) is 0 Å². The van der Waals surface area contributed by atoms with Crippen molar-refractivity contribution in [2.75, 3.05) is 0 Å². The van der Waals surface area contributed by atoms with E-state index in [1.54, 1.807) is 0 Å². The van der Waals surface area contributed by atoms with E-state index in [4.69, 9.17) is 0 Å². The first-order chi connectivity index (χ1) is 9.06. The van der Waals surface area contributed by atoms with Crippen LogP contribution in [-0.2, 0) is 6.54 Å². The van der Waals surface area contributed by atoms with Gasteiger partial charge >= 0.3 is 0 Å². The molecule has 1 aromatic heterocycles. The zero-order chi connectivity index (χ0) is 13.8. The lowest BCUT2D eigenvalue weighted by Gasteiger charge is -2.11. The molecule has 0 aliphatic carbocycles. The van der Waals surface area contributed by atoms with Gasteiger partial charge in [-0.1, -0.05) is 32.0 Å². The normalized spacial score (nSPS) is 11.0. The van der Waals surface area contributed by atoms with Gasteiger partial charge in [-0.15, -0.1) is 0 Å². The topological polar surface area (TPSA) is 24.9 Å². The molecule has 1 N–H and O–H groups in total. The second-order valence-electron chi connectivity index (χ2n) is 5.37. The third kappa shape index (κ3) is 3.65. The molecule has 2 aromatic rings. The molecule has 100 valence electrons. The van der Waals surface area contributed by atoms with E-state index >= 15 is 0 Å². The van der Waals surface area contributed by atoms with Gasteiger partial charge in [-0.25, -0.2) is 0 Å². The third-order valence-electron chi connectivity index (χ3n) is 3.21. The van der Waals surface area contributed by atoms with Gasteiger partial charge in [-0.2, -0.15) is 0 Å². The molecule has 2 nitrogen and oxygen atoms in total. The van der Waals surface area contributed by atoms with E-state index < -0.39 is 0 Å². The van der Waals surface area contributed by atoms with Crippen LogP contribution in [-0.4, -0.2) is 11.0 Å². The number of pyridine rings is 1. The Morgan fingerprint density at radius 2 is 1.89 bits per heavy atom. The summed E-state index contributed by atoms with van der Waals surface area (Å²) in [6.07, 6.45) is 1.87. The van der Waals surface area contributed by atoms with Crippen molar-refractivity contribution in [3.63, 3.8) is 0 Å². The molecule has 0 fully saturated rings. The Morgan fingerprint density at radius 3 is 2.53 bits per heavy atom. The first-order valence-corrected chi connectivity index (χ1v) is 6.82. The monoisotopic (exact) mass is 254 g/mol. The molecule has 2 heteroatoms. The van der Waals surface area contributed by atoms with Crippen LogP contribution >= 0.6 is 0 Å². The predicted molar refractivity (Wildman–Crippen MR) is 81.1 cm³/mol. The summed E-state index contributed by atoms with van der Waals surface area (Å²) in [6, 6.07) is 11.4. The SMILES string of the molecule is Cc1cc(-c2ccc(CNC(C)C)cc2C)ccn1. The predicted octanol–water partition coefficient (Wildman–Crippen LogP) is 3.86. The molecule has 1 heterocycles. The largest absolute Gasteiger partial charge is 0.310 e. The van der Waals surface area contributed by atoms with Gasteiger partial charge in [0.1, 0.15) is 0 Å². The van der Waals surface area contributed by atoms with Gasteiger partial charge in [0.15, 0.2) is 0 Å². The fraction of sp³-hybridized carbons (Fsp3) is 0.353. The van der Waals surface area contributed by atoms with E-state index in [1.807, 2.05) is 13.1 Å². The van der Waals surface area contributed by atoms with E-state index in [0.717, 1.165) is 12.2 Å². The molecule has 0 saturated carbocycles. The van der Waals surface area contributed by atoms with Crippen molar-refractivity contribution in [1.82, 2.24) is 10.3 Å². The summed E-state index contributed by atoms with van der Waals surface area (Å²) in [5, 5.41) is 3.45. The number of aromatic nitrogens is 1. The number of benzene rings is 1. The van der Waals surface area contributed by atoms with Crippen molar-refractivity contribution < 1.29 is 0 Å². The summed E-state index contributed by atoms with van der Waals surface area (Å²) in [4.78, 5) is 4.25. The van der Waals surface area contributed by atoms with Crippen LogP contribution in [0.25, 0.3) is 11.1 Å². The number of aryl methyl sites for hydroxylation is 2. The van der Waals surface area contributed by atoms with Crippen molar-refractivity contribution in [2.24, 2.45) is 0 Å². The summed E-state index contributed by atoms with van der Waals surface area (Å²) in [5.74, 6) is 0. The van der Waals surface area contributed by atoms with Crippen molar-refractivity contribution in [3.8, 4) is 11.1 Å². The second kappa shape index (κ2) is 5.98. The lowest BCUT2D eigenvalue weighted by molar-refractivity contribution is 0.589. The van der Waals surface area contributed by atoms with Crippen LogP contribution in [0.1, 0.15) is 30.7 Å². The highest BCUT2D eigenvalue weighted by molar-refractivity contribution is 5.67.